The third-order valence-corrected chi connectivity index (χ3v) is 8.22. The lowest BCUT2D eigenvalue weighted by Crippen LogP contribution is -2.39. The molecule has 0 saturated carbocycles. The van der Waals surface area contributed by atoms with Gasteiger partial charge in [-0.3, -0.25) is 9.36 Å². The van der Waals surface area contributed by atoms with E-state index in [9.17, 15) is 9.59 Å². The van der Waals surface area contributed by atoms with E-state index in [2.05, 4.69) is 18.5 Å². The molecule has 2 aromatic carbocycles. The molecule has 9 heteroatoms. The van der Waals surface area contributed by atoms with Crippen LogP contribution in [-0.4, -0.2) is 37.1 Å². The van der Waals surface area contributed by atoms with Crippen molar-refractivity contribution in [1.29, 1.82) is 0 Å². The van der Waals surface area contributed by atoms with Crippen LogP contribution in [0.3, 0.4) is 0 Å². The van der Waals surface area contributed by atoms with Crippen molar-refractivity contribution in [2.45, 2.75) is 44.0 Å². The highest BCUT2D eigenvalue weighted by atomic mass is 32.2. The lowest BCUT2D eigenvalue weighted by molar-refractivity contribution is -0.138. The van der Waals surface area contributed by atoms with Crippen molar-refractivity contribution in [2.75, 3.05) is 26.6 Å². The molecule has 2 heterocycles. The first kappa shape index (κ1) is 29.4. The molecule has 0 spiro atoms. The van der Waals surface area contributed by atoms with E-state index in [1.807, 2.05) is 54.8 Å². The predicted molar refractivity (Wildman–Crippen MR) is 161 cm³/mol. The number of carbonyl (C=O) groups excluding carboxylic acids is 1. The molecule has 1 aliphatic heterocycles. The molecule has 0 amide bonds. The Morgan fingerprint density at radius 2 is 1.95 bits per heavy atom. The van der Waals surface area contributed by atoms with E-state index in [1.165, 1.54) is 17.4 Å². The van der Waals surface area contributed by atoms with Gasteiger partial charge in [-0.25, -0.2) is 9.79 Å². The molecule has 0 bridgehead atoms. The second-order valence-electron chi connectivity index (χ2n) is 9.21. The summed E-state index contributed by atoms with van der Waals surface area (Å²) >= 11 is 2.91. The van der Waals surface area contributed by atoms with Gasteiger partial charge >= 0.3 is 5.97 Å². The quantitative estimate of drug-likeness (QED) is 0.126. The number of aromatic nitrogens is 1. The molecular weight excluding hydrogens is 544 g/mol. The molecule has 1 unspecified atom stereocenters. The third kappa shape index (κ3) is 6.42. The summed E-state index contributed by atoms with van der Waals surface area (Å²) < 4.78 is 19.0. The van der Waals surface area contributed by atoms with Crippen molar-refractivity contribution in [1.82, 2.24) is 4.57 Å². The number of ether oxygens (including phenoxy) is 3. The van der Waals surface area contributed by atoms with Crippen LogP contribution in [0, 0.1) is 0 Å². The van der Waals surface area contributed by atoms with Crippen molar-refractivity contribution in [3.05, 3.63) is 97.2 Å². The second-order valence-corrected chi connectivity index (χ2v) is 11.1. The van der Waals surface area contributed by atoms with Gasteiger partial charge in [0.2, 0.25) is 0 Å². The zero-order chi connectivity index (χ0) is 28.6. The van der Waals surface area contributed by atoms with E-state index in [0.717, 1.165) is 35.3 Å². The number of carbonyl (C=O) groups is 1. The predicted octanol–water partition coefficient (Wildman–Crippen LogP) is 5.26. The lowest BCUT2D eigenvalue weighted by Gasteiger charge is -2.24. The minimum Gasteiger partial charge on any atom is -0.493 e. The minimum absolute atomic E-state index is 0.0678. The van der Waals surface area contributed by atoms with E-state index < -0.39 is 12.0 Å². The van der Waals surface area contributed by atoms with Crippen LogP contribution in [0.5, 0.6) is 11.5 Å². The van der Waals surface area contributed by atoms with Gasteiger partial charge in [-0.05, 0) is 61.1 Å². The van der Waals surface area contributed by atoms with E-state index in [0.29, 0.717) is 38.7 Å². The van der Waals surface area contributed by atoms with Crippen LogP contribution in [0.2, 0.25) is 0 Å². The number of thiazole rings is 1. The maximum Gasteiger partial charge on any atom is 0.338 e. The molecule has 0 radical (unpaired) electrons. The Morgan fingerprint density at radius 3 is 2.62 bits per heavy atom. The van der Waals surface area contributed by atoms with E-state index in [1.54, 1.807) is 30.4 Å². The van der Waals surface area contributed by atoms with Crippen LogP contribution in [-0.2, 0) is 9.53 Å². The van der Waals surface area contributed by atoms with Crippen LogP contribution >= 0.6 is 23.1 Å². The SMILES string of the molecule is C=CCOC(=O)C1=C(C)N=c2sc(=Cc3ccc(OCCCCC)c(OC)c3)c(=O)n2C1c1ccc(SC)cc1. The maximum atomic E-state index is 13.9. The van der Waals surface area contributed by atoms with Gasteiger partial charge in [-0.1, -0.05) is 62.0 Å². The summed E-state index contributed by atoms with van der Waals surface area (Å²) in [6, 6.07) is 12.8. The van der Waals surface area contributed by atoms with Gasteiger partial charge in [-0.2, -0.15) is 0 Å². The zero-order valence-electron chi connectivity index (χ0n) is 23.3. The summed E-state index contributed by atoms with van der Waals surface area (Å²) in [4.78, 5) is 33.3. The van der Waals surface area contributed by atoms with E-state index >= 15 is 0 Å². The number of unbranched alkanes of at least 4 members (excludes halogenated alkanes) is 2. The number of hydrogen-bond donors (Lipinski definition) is 0. The molecular formula is C31H34N2O5S2. The fourth-order valence-electron chi connectivity index (χ4n) is 4.48. The van der Waals surface area contributed by atoms with Gasteiger partial charge in [-0.15, -0.1) is 11.8 Å². The fourth-order valence-corrected chi connectivity index (χ4v) is 5.93. The topological polar surface area (TPSA) is 79.1 Å². The van der Waals surface area contributed by atoms with Gasteiger partial charge in [0.25, 0.3) is 5.56 Å². The van der Waals surface area contributed by atoms with Crippen LogP contribution in [0.1, 0.15) is 50.3 Å². The molecule has 7 nitrogen and oxygen atoms in total. The average Bonchev–Trinajstić information content (AvgIpc) is 3.27. The molecule has 3 aromatic rings. The number of thioether (sulfide) groups is 1. The molecule has 1 aromatic heterocycles. The van der Waals surface area contributed by atoms with E-state index in [-0.39, 0.29) is 12.2 Å². The Bertz CT molecular complexity index is 1590. The summed E-state index contributed by atoms with van der Waals surface area (Å²) in [6.45, 7) is 8.25. The van der Waals surface area contributed by atoms with Gasteiger partial charge in [0.05, 0.1) is 35.6 Å². The third-order valence-electron chi connectivity index (χ3n) is 6.50. The summed E-state index contributed by atoms with van der Waals surface area (Å²) in [5.41, 5.74) is 2.22. The zero-order valence-corrected chi connectivity index (χ0v) is 24.9. The molecule has 0 fully saturated rings. The molecule has 1 aliphatic rings. The van der Waals surface area contributed by atoms with Gasteiger partial charge in [0.1, 0.15) is 6.61 Å². The summed E-state index contributed by atoms with van der Waals surface area (Å²) in [5, 5.41) is 0. The van der Waals surface area contributed by atoms with Gasteiger partial charge < -0.3 is 14.2 Å². The van der Waals surface area contributed by atoms with Crippen LogP contribution in [0.4, 0.5) is 0 Å². The van der Waals surface area contributed by atoms with Crippen molar-refractivity contribution in [3.63, 3.8) is 0 Å². The lowest BCUT2D eigenvalue weighted by atomic mass is 9.96. The summed E-state index contributed by atoms with van der Waals surface area (Å²) in [7, 11) is 1.60. The molecule has 1 atom stereocenters. The first-order chi connectivity index (χ1) is 19.4. The smallest absolute Gasteiger partial charge is 0.338 e. The highest BCUT2D eigenvalue weighted by molar-refractivity contribution is 7.98. The Hall–Kier alpha value is -3.56. The number of hydrogen-bond acceptors (Lipinski definition) is 8. The van der Waals surface area contributed by atoms with Gasteiger partial charge in [0.15, 0.2) is 16.3 Å². The highest BCUT2D eigenvalue weighted by Crippen LogP contribution is 2.32. The molecule has 4 rings (SSSR count). The molecule has 40 heavy (non-hydrogen) atoms. The number of benzene rings is 2. The van der Waals surface area contributed by atoms with Crippen molar-refractivity contribution in [3.8, 4) is 11.5 Å². The molecule has 210 valence electrons. The van der Waals surface area contributed by atoms with Crippen LogP contribution in [0.25, 0.3) is 6.08 Å². The number of fused-ring (bicyclic) bond motifs is 1. The Morgan fingerprint density at radius 1 is 1.18 bits per heavy atom. The first-order valence-corrected chi connectivity index (χ1v) is 15.2. The maximum absolute atomic E-state index is 13.9. The number of methoxy groups -OCH3 is 1. The Labute approximate surface area is 242 Å². The van der Waals surface area contributed by atoms with Gasteiger partial charge in [0, 0.05) is 4.90 Å². The van der Waals surface area contributed by atoms with Crippen molar-refractivity contribution >= 4 is 35.1 Å². The highest BCUT2D eigenvalue weighted by Gasteiger charge is 2.33. The van der Waals surface area contributed by atoms with Crippen molar-refractivity contribution < 1.29 is 19.0 Å². The first-order valence-electron chi connectivity index (χ1n) is 13.2. The standard InChI is InChI=1S/C31H34N2O5S2/c1-6-8-9-17-37-24-15-10-21(18-25(24)36-4)19-26-29(34)33-28(22-11-13-23(39-5)14-12-22)27(30(35)38-16-7-2)20(3)32-31(33)40-26/h7,10-15,18-19,28H,2,6,8-9,16-17H2,1,3-5H3. The summed E-state index contributed by atoms with van der Waals surface area (Å²) in [6.07, 6.45) is 8.54. The van der Waals surface area contributed by atoms with E-state index in [4.69, 9.17) is 14.2 Å². The summed E-state index contributed by atoms with van der Waals surface area (Å²) in [5.74, 6) is 0.755. The molecule has 0 saturated heterocycles. The molecule has 0 N–H and O–H groups in total. The number of allylic oxidation sites excluding steroid dienone is 1. The Balaban J connectivity index is 1.78. The average molecular weight is 579 g/mol. The normalized spacial score (nSPS) is 14.9. The fraction of sp³-hybridized carbons (Fsp3) is 0.323. The molecule has 0 aliphatic carbocycles. The number of esters is 1. The number of rotatable bonds is 12. The minimum atomic E-state index is -0.667. The Kier molecular flexibility index (Phi) is 10.1. The monoisotopic (exact) mass is 578 g/mol. The second kappa shape index (κ2) is 13.7. The number of nitrogens with zero attached hydrogens (tertiary/aromatic N) is 2. The van der Waals surface area contributed by atoms with Crippen LogP contribution in [0.15, 0.2) is 81.1 Å². The van der Waals surface area contributed by atoms with Crippen LogP contribution < -0.4 is 24.4 Å². The van der Waals surface area contributed by atoms with Crippen molar-refractivity contribution in [2.24, 2.45) is 4.99 Å². The largest absolute Gasteiger partial charge is 0.493 e.